The molecule has 0 unspecified atom stereocenters. The third-order valence-corrected chi connectivity index (χ3v) is 3.59. The van der Waals surface area contributed by atoms with E-state index in [4.69, 9.17) is 0 Å². The quantitative estimate of drug-likeness (QED) is 0.689. The van der Waals surface area contributed by atoms with Crippen LogP contribution in [-0.4, -0.2) is 48.3 Å². The van der Waals surface area contributed by atoms with Crippen LogP contribution in [0.4, 0.5) is 0 Å². The summed E-state index contributed by atoms with van der Waals surface area (Å²) in [5.74, 6) is 0.100. The van der Waals surface area contributed by atoms with E-state index in [-0.39, 0.29) is 11.8 Å². The first-order valence-electron chi connectivity index (χ1n) is 6.55. The van der Waals surface area contributed by atoms with E-state index in [2.05, 4.69) is 11.9 Å². The molecule has 2 amide bonds. The molecule has 0 aliphatic carbocycles. The van der Waals surface area contributed by atoms with Crippen molar-refractivity contribution in [2.75, 3.05) is 26.7 Å². The fourth-order valence-electron chi connectivity index (χ4n) is 2.34. The van der Waals surface area contributed by atoms with E-state index >= 15 is 0 Å². The van der Waals surface area contributed by atoms with Gasteiger partial charge in [0.1, 0.15) is 0 Å². The highest BCUT2D eigenvalue weighted by Crippen LogP contribution is 2.17. The second-order valence-electron chi connectivity index (χ2n) is 5.02. The summed E-state index contributed by atoms with van der Waals surface area (Å²) < 4.78 is 0. The van der Waals surface area contributed by atoms with Gasteiger partial charge in [-0.2, -0.15) is 0 Å². The van der Waals surface area contributed by atoms with Crippen LogP contribution >= 0.6 is 0 Å². The van der Waals surface area contributed by atoms with E-state index in [1.807, 2.05) is 12.2 Å². The van der Waals surface area contributed by atoms with E-state index in [1.165, 1.54) is 11.0 Å². The van der Waals surface area contributed by atoms with E-state index in [0.717, 1.165) is 32.4 Å². The van der Waals surface area contributed by atoms with Gasteiger partial charge in [-0.05, 0) is 57.5 Å². The molecule has 2 heterocycles. The first-order chi connectivity index (χ1) is 8.66. The Balaban J connectivity index is 1.87. The van der Waals surface area contributed by atoms with Gasteiger partial charge in [-0.3, -0.25) is 14.5 Å². The van der Waals surface area contributed by atoms with Crippen LogP contribution in [-0.2, 0) is 9.59 Å². The molecular weight excluding hydrogens is 228 g/mol. The Bertz CT molecular complexity index is 379. The van der Waals surface area contributed by atoms with Crippen molar-refractivity contribution < 1.29 is 9.59 Å². The van der Waals surface area contributed by atoms with Crippen LogP contribution in [0, 0.1) is 5.92 Å². The zero-order valence-corrected chi connectivity index (χ0v) is 10.8. The Hall–Kier alpha value is -1.42. The molecule has 1 saturated heterocycles. The molecule has 0 aromatic rings. The molecule has 2 aliphatic heterocycles. The summed E-state index contributed by atoms with van der Waals surface area (Å²) in [4.78, 5) is 27.0. The van der Waals surface area contributed by atoms with Gasteiger partial charge in [0.25, 0.3) is 11.8 Å². The van der Waals surface area contributed by atoms with Crippen LogP contribution in [0.5, 0.6) is 0 Å². The fraction of sp³-hybridized carbons (Fsp3) is 0.571. The molecule has 1 fully saturated rings. The molecule has 0 bridgehead atoms. The number of imide groups is 1. The molecule has 4 heteroatoms. The largest absolute Gasteiger partial charge is 0.306 e. The second kappa shape index (κ2) is 5.96. The van der Waals surface area contributed by atoms with E-state index in [9.17, 15) is 9.59 Å². The molecular formula is C14H20N2O2. The molecule has 0 spiro atoms. The van der Waals surface area contributed by atoms with Gasteiger partial charge >= 0.3 is 0 Å². The number of hydrogen-bond donors (Lipinski definition) is 0. The van der Waals surface area contributed by atoms with Gasteiger partial charge in [0, 0.05) is 6.54 Å². The van der Waals surface area contributed by atoms with Crippen molar-refractivity contribution in [1.82, 2.24) is 9.80 Å². The lowest BCUT2D eigenvalue weighted by Gasteiger charge is -2.27. The van der Waals surface area contributed by atoms with Crippen molar-refractivity contribution >= 4 is 11.8 Å². The minimum absolute atomic E-state index is 0.178. The summed E-state index contributed by atoms with van der Waals surface area (Å²) in [5, 5.41) is 0. The SMILES string of the molecule is CN1CCC(C=CC(=O)N2CCC=CC2=O)CC1. The smallest absolute Gasteiger partial charge is 0.253 e. The van der Waals surface area contributed by atoms with Crippen LogP contribution in [0.15, 0.2) is 24.3 Å². The Labute approximate surface area is 108 Å². The predicted molar refractivity (Wildman–Crippen MR) is 69.8 cm³/mol. The maximum Gasteiger partial charge on any atom is 0.253 e. The van der Waals surface area contributed by atoms with Crippen molar-refractivity contribution in [3.8, 4) is 0 Å². The molecule has 0 N–H and O–H groups in total. The first-order valence-corrected chi connectivity index (χ1v) is 6.55. The van der Waals surface area contributed by atoms with Crippen molar-refractivity contribution in [2.24, 2.45) is 5.92 Å². The number of amides is 2. The van der Waals surface area contributed by atoms with Crippen molar-refractivity contribution in [1.29, 1.82) is 0 Å². The zero-order chi connectivity index (χ0) is 13.0. The summed E-state index contributed by atoms with van der Waals surface area (Å²) >= 11 is 0. The Morgan fingerprint density at radius 2 is 2.06 bits per heavy atom. The highest BCUT2D eigenvalue weighted by molar-refractivity contribution is 6.05. The fourth-order valence-corrected chi connectivity index (χ4v) is 2.34. The molecule has 0 aromatic carbocycles. The summed E-state index contributed by atoms with van der Waals surface area (Å²) in [5.41, 5.74) is 0. The molecule has 2 rings (SSSR count). The molecule has 0 saturated carbocycles. The average Bonchev–Trinajstić information content (AvgIpc) is 2.38. The molecule has 4 nitrogen and oxygen atoms in total. The van der Waals surface area contributed by atoms with Gasteiger partial charge in [0.15, 0.2) is 0 Å². The molecule has 2 aliphatic rings. The van der Waals surface area contributed by atoms with Crippen LogP contribution in [0.1, 0.15) is 19.3 Å². The standard InChI is InChI=1S/C14H20N2O2/c1-15-10-7-12(8-11-15)5-6-14(18)16-9-3-2-4-13(16)17/h2,4-6,12H,3,7-11H2,1H3. The van der Waals surface area contributed by atoms with Gasteiger partial charge in [0.2, 0.25) is 0 Å². The van der Waals surface area contributed by atoms with Gasteiger partial charge in [-0.15, -0.1) is 0 Å². The molecule has 0 aromatic heterocycles. The van der Waals surface area contributed by atoms with Gasteiger partial charge in [0.05, 0.1) is 0 Å². The first kappa shape index (κ1) is 13.0. The third kappa shape index (κ3) is 3.29. The number of carbonyl (C=O) groups is 2. The number of likely N-dealkylation sites (tertiary alicyclic amines) is 1. The monoisotopic (exact) mass is 248 g/mol. The summed E-state index contributed by atoms with van der Waals surface area (Å²) in [6.07, 6.45) is 9.79. The van der Waals surface area contributed by atoms with Crippen LogP contribution < -0.4 is 0 Å². The van der Waals surface area contributed by atoms with Gasteiger partial charge in [-0.1, -0.05) is 12.2 Å². The lowest BCUT2D eigenvalue weighted by Crippen LogP contribution is -2.37. The van der Waals surface area contributed by atoms with Crippen molar-refractivity contribution in [3.63, 3.8) is 0 Å². The average molecular weight is 248 g/mol. The maximum absolute atomic E-state index is 11.9. The topological polar surface area (TPSA) is 40.6 Å². The highest BCUT2D eigenvalue weighted by atomic mass is 16.2. The number of nitrogens with zero attached hydrogens (tertiary/aromatic N) is 2. The highest BCUT2D eigenvalue weighted by Gasteiger charge is 2.20. The van der Waals surface area contributed by atoms with E-state index in [0.29, 0.717) is 12.5 Å². The molecule has 0 atom stereocenters. The number of rotatable bonds is 2. The lowest BCUT2D eigenvalue weighted by molar-refractivity contribution is -0.139. The summed E-state index contributed by atoms with van der Waals surface area (Å²) in [7, 11) is 2.11. The summed E-state index contributed by atoms with van der Waals surface area (Å²) in [6.45, 7) is 2.66. The second-order valence-corrected chi connectivity index (χ2v) is 5.02. The van der Waals surface area contributed by atoms with Crippen LogP contribution in [0.25, 0.3) is 0 Å². The van der Waals surface area contributed by atoms with E-state index in [1.54, 1.807) is 6.08 Å². The zero-order valence-electron chi connectivity index (χ0n) is 10.8. The Kier molecular flexibility index (Phi) is 4.31. The van der Waals surface area contributed by atoms with Crippen molar-refractivity contribution in [2.45, 2.75) is 19.3 Å². The van der Waals surface area contributed by atoms with Gasteiger partial charge in [-0.25, -0.2) is 0 Å². The number of allylic oxidation sites excluding steroid dienone is 1. The number of hydrogen-bond acceptors (Lipinski definition) is 3. The third-order valence-electron chi connectivity index (χ3n) is 3.59. The number of piperidine rings is 1. The molecule has 98 valence electrons. The predicted octanol–water partition coefficient (Wildman–Crippen LogP) is 1.20. The Morgan fingerprint density at radius 1 is 1.33 bits per heavy atom. The van der Waals surface area contributed by atoms with Crippen LogP contribution in [0.2, 0.25) is 0 Å². The maximum atomic E-state index is 11.9. The van der Waals surface area contributed by atoms with Gasteiger partial charge < -0.3 is 4.90 Å². The number of carbonyl (C=O) groups excluding carboxylic acids is 2. The minimum Gasteiger partial charge on any atom is -0.306 e. The minimum atomic E-state index is -0.195. The normalized spacial score (nSPS) is 22.9. The summed E-state index contributed by atoms with van der Waals surface area (Å²) in [6, 6.07) is 0. The van der Waals surface area contributed by atoms with E-state index < -0.39 is 0 Å². The Morgan fingerprint density at radius 3 is 2.72 bits per heavy atom. The molecule has 0 radical (unpaired) electrons. The van der Waals surface area contributed by atoms with Crippen LogP contribution in [0.3, 0.4) is 0 Å². The van der Waals surface area contributed by atoms with Crippen molar-refractivity contribution in [3.05, 3.63) is 24.3 Å². The molecule has 18 heavy (non-hydrogen) atoms. The lowest BCUT2D eigenvalue weighted by atomic mass is 9.96.